The van der Waals surface area contributed by atoms with Crippen LogP contribution >= 0.6 is 22.9 Å². The fraction of sp³-hybridized carbons (Fsp3) is 0.182. The van der Waals surface area contributed by atoms with Crippen LogP contribution in [0.2, 0.25) is 5.02 Å². The van der Waals surface area contributed by atoms with Crippen LogP contribution in [0.25, 0.3) is 0 Å². The average Bonchev–Trinajstić information content (AvgIpc) is 2.73. The van der Waals surface area contributed by atoms with E-state index in [9.17, 15) is 8.42 Å². The van der Waals surface area contributed by atoms with Crippen LogP contribution in [-0.2, 0) is 10.0 Å². The number of halogens is 1. The highest BCUT2D eigenvalue weighted by Gasteiger charge is 2.19. The van der Waals surface area contributed by atoms with Crippen molar-refractivity contribution in [3.8, 4) is 5.75 Å². The van der Waals surface area contributed by atoms with Gasteiger partial charge in [0, 0.05) is 11.4 Å². The number of hydrogen-bond donors (Lipinski definition) is 1. The molecule has 0 aliphatic carbocycles. The molecule has 1 heterocycles. The van der Waals surface area contributed by atoms with Gasteiger partial charge in [-0.15, -0.1) is 11.3 Å². The quantitative estimate of drug-likeness (QED) is 0.941. The number of anilines is 1. The number of ether oxygens (including phenoxy) is 1. The number of methoxy groups -OCH3 is 1. The smallest absolute Gasteiger partial charge is 0.265 e. The molecular formula is C11H11ClN2O3S2. The molecule has 1 N–H and O–H groups in total. The van der Waals surface area contributed by atoms with Gasteiger partial charge in [-0.3, -0.25) is 4.72 Å². The summed E-state index contributed by atoms with van der Waals surface area (Å²) in [5.41, 5.74) is 0.753. The standard InChI is InChI=1S/C11H11ClN2O3S2/c1-7-6-18-11(13-7)14-19(15,16)10-4-3-8(17-2)5-9(10)12/h3-6H,1-2H3,(H,13,14). The van der Waals surface area contributed by atoms with Crippen molar-refractivity contribution in [3.05, 3.63) is 34.3 Å². The van der Waals surface area contributed by atoms with Gasteiger partial charge in [0.15, 0.2) is 5.13 Å². The van der Waals surface area contributed by atoms with E-state index in [1.165, 1.54) is 36.6 Å². The second-order valence-corrected chi connectivity index (χ2v) is 6.61. The Morgan fingerprint density at radius 2 is 2.16 bits per heavy atom. The number of benzene rings is 1. The molecule has 0 radical (unpaired) electrons. The zero-order valence-corrected chi connectivity index (χ0v) is 12.6. The number of nitrogens with zero attached hydrogens (tertiary/aromatic N) is 1. The van der Waals surface area contributed by atoms with E-state index in [0.29, 0.717) is 10.9 Å². The van der Waals surface area contributed by atoms with Gasteiger partial charge < -0.3 is 4.74 Å². The Balaban J connectivity index is 2.34. The first-order chi connectivity index (χ1) is 8.92. The fourth-order valence-corrected chi connectivity index (χ4v) is 3.87. The van der Waals surface area contributed by atoms with Crippen molar-refractivity contribution in [3.63, 3.8) is 0 Å². The molecule has 0 bridgehead atoms. The number of aryl methyl sites for hydroxylation is 1. The largest absolute Gasteiger partial charge is 0.497 e. The van der Waals surface area contributed by atoms with Crippen LogP contribution in [-0.4, -0.2) is 20.5 Å². The topological polar surface area (TPSA) is 68.3 Å². The molecule has 0 aliphatic heterocycles. The van der Waals surface area contributed by atoms with Gasteiger partial charge >= 0.3 is 0 Å². The van der Waals surface area contributed by atoms with Gasteiger partial charge in [-0.1, -0.05) is 11.6 Å². The summed E-state index contributed by atoms with van der Waals surface area (Å²) < 4.78 is 31.7. The third-order valence-electron chi connectivity index (χ3n) is 2.27. The summed E-state index contributed by atoms with van der Waals surface area (Å²) in [6, 6.07) is 4.38. The molecule has 0 saturated carbocycles. The molecule has 8 heteroatoms. The molecule has 2 aromatic rings. The van der Waals surface area contributed by atoms with Crippen molar-refractivity contribution in [2.45, 2.75) is 11.8 Å². The van der Waals surface area contributed by atoms with Crippen LogP contribution in [0.4, 0.5) is 5.13 Å². The molecule has 0 unspecified atom stereocenters. The van der Waals surface area contributed by atoms with Crippen LogP contribution in [0.3, 0.4) is 0 Å². The maximum Gasteiger partial charge on any atom is 0.265 e. The molecule has 0 spiro atoms. The number of hydrogen-bond acceptors (Lipinski definition) is 5. The van der Waals surface area contributed by atoms with E-state index in [4.69, 9.17) is 16.3 Å². The molecule has 5 nitrogen and oxygen atoms in total. The van der Waals surface area contributed by atoms with Crippen molar-refractivity contribution >= 4 is 38.1 Å². The van der Waals surface area contributed by atoms with E-state index in [1.54, 1.807) is 12.3 Å². The molecule has 19 heavy (non-hydrogen) atoms. The predicted octanol–water partition coefficient (Wildman–Crippen LogP) is 2.91. The number of sulfonamides is 1. The van der Waals surface area contributed by atoms with E-state index in [0.717, 1.165) is 5.69 Å². The highest BCUT2D eigenvalue weighted by molar-refractivity contribution is 7.93. The lowest BCUT2D eigenvalue weighted by Gasteiger charge is -2.08. The van der Waals surface area contributed by atoms with Crippen LogP contribution in [0, 0.1) is 6.92 Å². The Morgan fingerprint density at radius 3 is 2.68 bits per heavy atom. The Hall–Kier alpha value is -1.31. The van der Waals surface area contributed by atoms with E-state index >= 15 is 0 Å². The van der Waals surface area contributed by atoms with Gasteiger partial charge in [0.05, 0.1) is 17.8 Å². The molecule has 1 aromatic heterocycles. The van der Waals surface area contributed by atoms with Crippen LogP contribution < -0.4 is 9.46 Å². The van der Waals surface area contributed by atoms with E-state index in [1.807, 2.05) is 0 Å². The summed E-state index contributed by atoms with van der Waals surface area (Å²) in [4.78, 5) is 4.03. The Labute approximate surface area is 120 Å². The lowest BCUT2D eigenvalue weighted by molar-refractivity contribution is 0.414. The number of nitrogens with one attached hydrogen (secondary N) is 1. The summed E-state index contributed by atoms with van der Waals surface area (Å²) >= 11 is 7.16. The van der Waals surface area contributed by atoms with E-state index < -0.39 is 10.0 Å². The van der Waals surface area contributed by atoms with Crippen LogP contribution in [0.15, 0.2) is 28.5 Å². The van der Waals surface area contributed by atoms with Gasteiger partial charge in [-0.25, -0.2) is 13.4 Å². The fourth-order valence-electron chi connectivity index (χ4n) is 1.40. The summed E-state index contributed by atoms with van der Waals surface area (Å²) in [7, 11) is -2.26. The van der Waals surface area contributed by atoms with Gasteiger partial charge in [0.25, 0.3) is 10.0 Å². The highest BCUT2D eigenvalue weighted by Crippen LogP contribution is 2.28. The summed E-state index contributed by atoms with van der Waals surface area (Å²) in [6.45, 7) is 1.79. The number of aromatic nitrogens is 1. The van der Waals surface area contributed by atoms with Crippen molar-refractivity contribution in [2.75, 3.05) is 11.8 Å². The predicted molar refractivity (Wildman–Crippen MR) is 75.7 cm³/mol. The molecule has 1 aromatic carbocycles. The molecule has 0 fully saturated rings. The normalized spacial score (nSPS) is 11.3. The molecule has 0 aliphatic rings. The van der Waals surface area contributed by atoms with Gasteiger partial charge in [-0.2, -0.15) is 0 Å². The second-order valence-electron chi connectivity index (χ2n) is 3.70. The molecule has 0 amide bonds. The van der Waals surface area contributed by atoms with Gasteiger partial charge in [0.1, 0.15) is 10.6 Å². The summed E-state index contributed by atoms with van der Waals surface area (Å²) in [5, 5.41) is 2.16. The zero-order valence-electron chi connectivity index (χ0n) is 10.2. The first kappa shape index (κ1) is 14.1. The minimum Gasteiger partial charge on any atom is -0.497 e. The van der Waals surface area contributed by atoms with Gasteiger partial charge in [-0.05, 0) is 19.1 Å². The summed E-state index contributed by atoms with van der Waals surface area (Å²) in [5.74, 6) is 0.494. The number of rotatable bonds is 4. The first-order valence-corrected chi connectivity index (χ1v) is 7.95. The van der Waals surface area contributed by atoms with Crippen molar-refractivity contribution < 1.29 is 13.2 Å². The van der Waals surface area contributed by atoms with Crippen LogP contribution in [0.1, 0.15) is 5.69 Å². The third-order valence-corrected chi connectivity index (χ3v) is 5.10. The zero-order chi connectivity index (χ0) is 14.0. The van der Waals surface area contributed by atoms with Gasteiger partial charge in [0.2, 0.25) is 0 Å². The highest BCUT2D eigenvalue weighted by atomic mass is 35.5. The molecule has 0 saturated heterocycles. The molecular weight excluding hydrogens is 308 g/mol. The Kier molecular flexibility index (Phi) is 3.98. The Bertz CT molecular complexity index is 698. The number of thiazole rings is 1. The van der Waals surface area contributed by atoms with Crippen molar-refractivity contribution in [1.82, 2.24) is 4.98 Å². The molecule has 102 valence electrons. The van der Waals surface area contributed by atoms with Crippen molar-refractivity contribution in [1.29, 1.82) is 0 Å². The maximum absolute atomic E-state index is 12.2. The lowest BCUT2D eigenvalue weighted by atomic mass is 10.3. The van der Waals surface area contributed by atoms with E-state index in [2.05, 4.69) is 9.71 Å². The van der Waals surface area contributed by atoms with Crippen molar-refractivity contribution in [2.24, 2.45) is 0 Å². The second kappa shape index (κ2) is 5.36. The Morgan fingerprint density at radius 1 is 1.42 bits per heavy atom. The minimum atomic E-state index is -3.75. The van der Waals surface area contributed by atoms with Crippen LogP contribution in [0.5, 0.6) is 5.75 Å². The molecule has 0 atom stereocenters. The van der Waals surface area contributed by atoms with E-state index in [-0.39, 0.29) is 9.92 Å². The first-order valence-electron chi connectivity index (χ1n) is 5.21. The summed E-state index contributed by atoms with van der Waals surface area (Å²) in [6.07, 6.45) is 0. The lowest BCUT2D eigenvalue weighted by Crippen LogP contribution is -2.13. The molecule has 2 rings (SSSR count). The SMILES string of the molecule is COc1ccc(S(=O)(=O)Nc2nc(C)cs2)c(Cl)c1. The monoisotopic (exact) mass is 318 g/mol. The average molecular weight is 319 g/mol. The minimum absolute atomic E-state index is 0.0113. The third kappa shape index (κ3) is 3.17. The maximum atomic E-state index is 12.2.